The number of benzene rings is 2. The van der Waals surface area contributed by atoms with E-state index in [2.05, 4.69) is 15.8 Å². The van der Waals surface area contributed by atoms with Gasteiger partial charge in [0.25, 0.3) is 0 Å². The number of furan rings is 1. The second-order valence-corrected chi connectivity index (χ2v) is 5.65. The maximum absolute atomic E-state index is 11.3. The predicted octanol–water partition coefficient (Wildman–Crippen LogP) is 3.97. The second-order valence-electron chi connectivity index (χ2n) is 5.24. The van der Waals surface area contributed by atoms with E-state index in [0.29, 0.717) is 22.2 Å². The van der Waals surface area contributed by atoms with E-state index in [0.717, 1.165) is 5.69 Å². The van der Waals surface area contributed by atoms with Crippen LogP contribution in [-0.4, -0.2) is 22.4 Å². The zero-order chi connectivity index (χ0) is 18.4. The van der Waals surface area contributed by atoms with Gasteiger partial charge in [-0.2, -0.15) is 5.10 Å². The average Bonchev–Trinajstić information content (AvgIpc) is 3.11. The van der Waals surface area contributed by atoms with Crippen molar-refractivity contribution in [2.75, 3.05) is 5.32 Å². The van der Waals surface area contributed by atoms with Crippen LogP contribution in [0.2, 0.25) is 0 Å². The first-order chi connectivity index (χ1) is 12.6. The van der Waals surface area contributed by atoms with E-state index in [-0.39, 0.29) is 5.56 Å². The number of hydrazone groups is 1. The van der Waals surface area contributed by atoms with Crippen LogP contribution in [0.5, 0.6) is 0 Å². The molecular formula is C19H15N3O3S. The zero-order valence-corrected chi connectivity index (χ0v) is 14.4. The highest BCUT2D eigenvalue weighted by molar-refractivity contribution is 7.80. The lowest BCUT2D eigenvalue weighted by atomic mass is 10.1. The number of carboxylic acids is 1. The van der Waals surface area contributed by atoms with Gasteiger partial charge >= 0.3 is 5.97 Å². The Hall–Kier alpha value is -3.45. The van der Waals surface area contributed by atoms with E-state index in [1.165, 1.54) is 12.3 Å². The lowest BCUT2D eigenvalue weighted by Gasteiger charge is -2.05. The Labute approximate surface area is 155 Å². The van der Waals surface area contributed by atoms with E-state index in [1.807, 2.05) is 30.3 Å². The van der Waals surface area contributed by atoms with Crippen LogP contribution >= 0.6 is 12.2 Å². The van der Waals surface area contributed by atoms with E-state index < -0.39 is 5.97 Å². The average molecular weight is 365 g/mol. The van der Waals surface area contributed by atoms with Crippen LogP contribution in [0.3, 0.4) is 0 Å². The highest BCUT2D eigenvalue weighted by Crippen LogP contribution is 2.25. The molecule has 130 valence electrons. The summed E-state index contributed by atoms with van der Waals surface area (Å²) in [4.78, 5) is 11.3. The Morgan fingerprint density at radius 1 is 1.04 bits per heavy atom. The fraction of sp³-hybridized carbons (Fsp3) is 0. The molecule has 0 fully saturated rings. The van der Waals surface area contributed by atoms with Gasteiger partial charge in [-0.3, -0.25) is 5.43 Å². The van der Waals surface area contributed by atoms with E-state index in [4.69, 9.17) is 16.6 Å². The highest BCUT2D eigenvalue weighted by atomic mass is 32.1. The molecule has 0 amide bonds. The van der Waals surface area contributed by atoms with E-state index in [1.54, 1.807) is 30.3 Å². The topological polar surface area (TPSA) is 86.9 Å². The van der Waals surface area contributed by atoms with Crippen molar-refractivity contribution in [2.24, 2.45) is 5.10 Å². The number of anilines is 1. The van der Waals surface area contributed by atoms with Gasteiger partial charge in [0.05, 0.1) is 11.8 Å². The SMILES string of the molecule is O=C(O)c1ccccc1-c1ccc(/C=N/NC(=S)Nc2ccccc2)o1. The summed E-state index contributed by atoms with van der Waals surface area (Å²) in [5.41, 5.74) is 4.23. The number of hydrogen-bond acceptors (Lipinski definition) is 4. The van der Waals surface area contributed by atoms with Gasteiger partial charge in [-0.15, -0.1) is 0 Å². The number of carbonyl (C=O) groups is 1. The Balaban J connectivity index is 1.64. The molecule has 26 heavy (non-hydrogen) atoms. The summed E-state index contributed by atoms with van der Waals surface area (Å²) in [5.74, 6) is -0.0872. The van der Waals surface area contributed by atoms with Crippen LogP contribution in [-0.2, 0) is 0 Å². The smallest absolute Gasteiger partial charge is 0.336 e. The van der Waals surface area contributed by atoms with Gasteiger partial charge in [-0.05, 0) is 42.5 Å². The van der Waals surface area contributed by atoms with Gasteiger partial charge < -0.3 is 14.8 Å². The molecule has 1 heterocycles. The Kier molecular flexibility index (Phi) is 5.40. The number of para-hydroxylation sites is 1. The molecule has 0 unspecified atom stereocenters. The summed E-state index contributed by atoms with van der Waals surface area (Å²) >= 11 is 5.15. The molecule has 3 rings (SSSR count). The predicted molar refractivity (Wildman–Crippen MR) is 104 cm³/mol. The van der Waals surface area contributed by atoms with Crippen LogP contribution in [0, 0.1) is 0 Å². The molecule has 0 bridgehead atoms. The summed E-state index contributed by atoms with van der Waals surface area (Å²) in [7, 11) is 0. The monoisotopic (exact) mass is 365 g/mol. The molecule has 0 aliphatic heterocycles. The molecule has 1 aromatic heterocycles. The molecule has 7 heteroatoms. The molecule has 2 aromatic carbocycles. The Bertz CT molecular complexity index is 951. The van der Waals surface area contributed by atoms with Crippen molar-refractivity contribution in [1.82, 2.24) is 5.43 Å². The van der Waals surface area contributed by atoms with Gasteiger partial charge in [0.1, 0.15) is 11.5 Å². The lowest BCUT2D eigenvalue weighted by Crippen LogP contribution is -2.23. The number of rotatable bonds is 5. The number of hydrogen-bond donors (Lipinski definition) is 3. The first-order valence-corrected chi connectivity index (χ1v) is 8.12. The van der Waals surface area contributed by atoms with Crippen molar-refractivity contribution in [3.63, 3.8) is 0 Å². The molecule has 0 aliphatic carbocycles. The molecule has 0 saturated heterocycles. The summed E-state index contributed by atoms with van der Waals surface area (Å²) in [6, 6.07) is 19.5. The molecular weight excluding hydrogens is 350 g/mol. The largest absolute Gasteiger partial charge is 0.478 e. The van der Waals surface area contributed by atoms with Crippen LogP contribution < -0.4 is 10.7 Å². The molecule has 3 aromatic rings. The number of nitrogens with one attached hydrogen (secondary N) is 2. The van der Waals surface area contributed by atoms with Gasteiger partial charge in [-0.1, -0.05) is 36.4 Å². The third-order valence-corrected chi connectivity index (χ3v) is 3.63. The van der Waals surface area contributed by atoms with Crippen molar-refractivity contribution in [2.45, 2.75) is 0 Å². The summed E-state index contributed by atoms with van der Waals surface area (Å²) < 4.78 is 5.64. The summed E-state index contributed by atoms with van der Waals surface area (Å²) in [6.07, 6.45) is 1.46. The molecule has 3 N–H and O–H groups in total. The molecule has 0 atom stereocenters. The normalized spacial score (nSPS) is 10.6. The Morgan fingerprint density at radius 3 is 2.54 bits per heavy atom. The fourth-order valence-corrected chi connectivity index (χ4v) is 2.46. The first-order valence-electron chi connectivity index (χ1n) is 7.71. The molecule has 0 radical (unpaired) electrons. The lowest BCUT2D eigenvalue weighted by molar-refractivity contribution is 0.0697. The minimum atomic E-state index is -1.01. The fourth-order valence-electron chi connectivity index (χ4n) is 2.29. The van der Waals surface area contributed by atoms with E-state index in [9.17, 15) is 9.90 Å². The maximum Gasteiger partial charge on any atom is 0.336 e. The van der Waals surface area contributed by atoms with Crippen molar-refractivity contribution < 1.29 is 14.3 Å². The van der Waals surface area contributed by atoms with Crippen LogP contribution in [0.15, 0.2) is 76.2 Å². The third kappa shape index (κ3) is 4.34. The van der Waals surface area contributed by atoms with Gasteiger partial charge in [0.2, 0.25) is 0 Å². The Morgan fingerprint density at radius 2 is 1.77 bits per heavy atom. The number of carboxylic acid groups (broad SMARTS) is 1. The standard InChI is InChI=1S/C19H15N3O3S/c23-18(24)16-9-5-4-8-15(16)17-11-10-14(25-17)12-20-22-19(26)21-13-6-2-1-3-7-13/h1-12H,(H,23,24)(H2,21,22,26)/b20-12+. The first kappa shape index (κ1) is 17.4. The number of thiocarbonyl (C=S) groups is 1. The zero-order valence-electron chi connectivity index (χ0n) is 13.5. The maximum atomic E-state index is 11.3. The van der Waals surface area contributed by atoms with Crippen molar-refractivity contribution in [3.8, 4) is 11.3 Å². The van der Waals surface area contributed by atoms with Gasteiger partial charge in [0, 0.05) is 11.3 Å². The summed E-state index contributed by atoms with van der Waals surface area (Å²) in [6.45, 7) is 0. The minimum Gasteiger partial charge on any atom is -0.478 e. The van der Waals surface area contributed by atoms with E-state index >= 15 is 0 Å². The number of nitrogens with zero attached hydrogens (tertiary/aromatic N) is 1. The van der Waals surface area contributed by atoms with Crippen LogP contribution in [0.25, 0.3) is 11.3 Å². The molecule has 6 nitrogen and oxygen atoms in total. The van der Waals surface area contributed by atoms with Crippen LogP contribution in [0.1, 0.15) is 16.1 Å². The number of aromatic carboxylic acids is 1. The van der Waals surface area contributed by atoms with Gasteiger partial charge in [0.15, 0.2) is 5.11 Å². The molecule has 0 aliphatic rings. The third-order valence-electron chi connectivity index (χ3n) is 3.44. The van der Waals surface area contributed by atoms with Crippen molar-refractivity contribution in [1.29, 1.82) is 0 Å². The van der Waals surface area contributed by atoms with Crippen LogP contribution in [0.4, 0.5) is 5.69 Å². The second kappa shape index (κ2) is 8.09. The highest BCUT2D eigenvalue weighted by Gasteiger charge is 2.13. The quantitative estimate of drug-likeness (QED) is 0.360. The van der Waals surface area contributed by atoms with Crippen molar-refractivity contribution in [3.05, 3.63) is 78.1 Å². The summed E-state index contributed by atoms with van der Waals surface area (Å²) in [5, 5.41) is 16.6. The van der Waals surface area contributed by atoms with Crippen molar-refractivity contribution >= 4 is 35.2 Å². The van der Waals surface area contributed by atoms with Gasteiger partial charge in [-0.25, -0.2) is 4.79 Å². The molecule has 0 spiro atoms. The minimum absolute atomic E-state index is 0.178. The molecule has 0 saturated carbocycles.